The van der Waals surface area contributed by atoms with Crippen molar-refractivity contribution in [2.45, 2.75) is 26.7 Å². The number of nitrogens with one attached hydrogen (secondary N) is 2. The Labute approximate surface area is 187 Å². The summed E-state index contributed by atoms with van der Waals surface area (Å²) in [6, 6.07) is 0. The van der Waals surface area contributed by atoms with E-state index in [1.54, 1.807) is 7.05 Å². The fraction of sp³-hybridized carbons (Fsp3) is 0.600. The minimum Gasteiger partial charge on any atom is -0.361 e. The Balaban J connectivity index is 0.00000240. The van der Waals surface area contributed by atoms with E-state index in [0.29, 0.717) is 25.6 Å². The molecule has 2 aliphatic carbocycles. The van der Waals surface area contributed by atoms with Crippen LogP contribution >= 0.6 is 24.0 Å². The summed E-state index contributed by atoms with van der Waals surface area (Å²) in [6.45, 7) is 5.37. The molecule has 2 fully saturated rings. The van der Waals surface area contributed by atoms with E-state index < -0.39 is 0 Å². The average molecular weight is 513 g/mol. The summed E-state index contributed by atoms with van der Waals surface area (Å²) in [5.74, 6) is 1.72. The van der Waals surface area contributed by atoms with Crippen molar-refractivity contribution < 1.29 is 14.1 Å². The molecule has 158 valence electrons. The first kappa shape index (κ1) is 21.8. The number of amides is 2. The van der Waals surface area contributed by atoms with Crippen LogP contribution in [0, 0.1) is 37.5 Å². The fourth-order valence-corrected chi connectivity index (χ4v) is 4.86. The summed E-state index contributed by atoms with van der Waals surface area (Å²) in [4.78, 5) is 31.0. The number of aromatic nitrogens is 1. The van der Waals surface area contributed by atoms with Crippen LogP contribution in [0.2, 0.25) is 0 Å². The smallest absolute Gasteiger partial charge is 0.233 e. The maximum absolute atomic E-state index is 12.7. The summed E-state index contributed by atoms with van der Waals surface area (Å²) in [5.41, 5.74) is 2.01. The predicted molar refractivity (Wildman–Crippen MR) is 119 cm³/mol. The average Bonchev–Trinajstić information content (AvgIpc) is 3.43. The Bertz CT molecular complexity index is 800. The van der Waals surface area contributed by atoms with Gasteiger partial charge in [-0.15, -0.1) is 24.0 Å². The molecule has 4 rings (SSSR count). The molecular formula is C20H28IN5O3. The molecule has 2 heterocycles. The van der Waals surface area contributed by atoms with Gasteiger partial charge in [0.25, 0.3) is 0 Å². The Morgan fingerprint density at radius 1 is 1.17 bits per heavy atom. The summed E-state index contributed by atoms with van der Waals surface area (Å²) >= 11 is 0. The van der Waals surface area contributed by atoms with Gasteiger partial charge in [-0.2, -0.15) is 0 Å². The lowest BCUT2D eigenvalue weighted by Crippen LogP contribution is -2.44. The second-order valence-electron chi connectivity index (χ2n) is 7.81. The van der Waals surface area contributed by atoms with Crippen LogP contribution in [0.25, 0.3) is 0 Å². The van der Waals surface area contributed by atoms with Crippen LogP contribution in [0.5, 0.6) is 0 Å². The standard InChI is InChI=1S/C20H27N5O3.HI/c1-11-15(12(2)28-24-11)6-7-22-20(21-3)23-8-9-25-18(26)16-13-4-5-14(10-13)17(16)19(25)27;/h4-5,13-14,16-17H,6-10H2,1-3H3,(H2,21,22,23);1H. The highest BCUT2D eigenvalue weighted by Crippen LogP contribution is 2.52. The summed E-state index contributed by atoms with van der Waals surface area (Å²) in [5, 5.41) is 10.4. The summed E-state index contributed by atoms with van der Waals surface area (Å²) in [7, 11) is 1.70. The quantitative estimate of drug-likeness (QED) is 0.196. The Hall–Kier alpha value is -1.91. The topological polar surface area (TPSA) is 99.8 Å². The molecule has 4 unspecified atom stereocenters. The van der Waals surface area contributed by atoms with Crippen molar-refractivity contribution in [2.24, 2.45) is 28.7 Å². The third kappa shape index (κ3) is 3.93. The van der Waals surface area contributed by atoms with Crippen molar-refractivity contribution in [2.75, 3.05) is 26.7 Å². The van der Waals surface area contributed by atoms with Crippen LogP contribution in [-0.2, 0) is 16.0 Å². The number of halogens is 1. The van der Waals surface area contributed by atoms with Crippen LogP contribution in [0.1, 0.15) is 23.4 Å². The van der Waals surface area contributed by atoms with E-state index in [1.165, 1.54) is 4.90 Å². The molecular weight excluding hydrogens is 485 g/mol. The molecule has 2 amide bonds. The third-order valence-corrected chi connectivity index (χ3v) is 6.26. The number of likely N-dealkylation sites (tertiary alicyclic amines) is 1. The Morgan fingerprint density at radius 2 is 1.79 bits per heavy atom. The first-order valence-electron chi connectivity index (χ1n) is 9.91. The first-order chi connectivity index (χ1) is 13.5. The van der Waals surface area contributed by atoms with E-state index in [9.17, 15) is 9.59 Å². The van der Waals surface area contributed by atoms with Crippen LogP contribution < -0.4 is 10.6 Å². The molecule has 1 saturated carbocycles. The number of allylic oxidation sites excluding steroid dienone is 2. The number of aliphatic imine (C=N–C) groups is 1. The molecule has 2 N–H and O–H groups in total. The lowest BCUT2D eigenvalue weighted by atomic mass is 9.85. The van der Waals surface area contributed by atoms with Gasteiger partial charge in [0.2, 0.25) is 11.8 Å². The molecule has 0 aromatic carbocycles. The first-order valence-corrected chi connectivity index (χ1v) is 9.91. The van der Waals surface area contributed by atoms with E-state index in [0.717, 1.165) is 29.9 Å². The number of fused-ring (bicyclic) bond motifs is 5. The summed E-state index contributed by atoms with van der Waals surface area (Å²) in [6.07, 6.45) is 5.97. The van der Waals surface area contributed by atoms with E-state index in [2.05, 4.69) is 32.9 Å². The highest BCUT2D eigenvalue weighted by atomic mass is 127. The molecule has 1 aromatic rings. The largest absolute Gasteiger partial charge is 0.361 e. The molecule has 1 aliphatic heterocycles. The number of rotatable bonds is 6. The molecule has 3 aliphatic rings. The normalized spacial score (nSPS) is 27.4. The zero-order valence-electron chi connectivity index (χ0n) is 17.0. The molecule has 0 spiro atoms. The van der Waals surface area contributed by atoms with Gasteiger partial charge in [-0.3, -0.25) is 19.5 Å². The molecule has 8 nitrogen and oxygen atoms in total. The maximum Gasteiger partial charge on any atom is 0.233 e. The second kappa shape index (κ2) is 8.85. The van der Waals surface area contributed by atoms with Crippen LogP contribution in [0.4, 0.5) is 0 Å². The van der Waals surface area contributed by atoms with E-state index >= 15 is 0 Å². The maximum atomic E-state index is 12.7. The van der Waals surface area contributed by atoms with Crippen molar-refractivity contribution in [1.29, 1.82) is 0 Å². The van der Waals surface area contributed by atoms with Crippen LogP contribution in [-0.4, -0.2) is 54.5 Å². The van der Waals surface area contributed by atoms with Crippen molar-refractivity contribution in [3.05, 3.63) is 29.2 Å². The van der Waals surface area contributed by atoms with Gasteiger partial charge in [0.05, 0.1) is 17.5 Å². The van der Waals surface area contributed by atoms with Gasteiger partial charge < -0.3 is 15.2 Å². The second-order valence-corrected chi connectivity index (χ2v) is 7.81. The van der Waals surface area contributed by atoms with E-state index in [-0.39, 0.29) is 59.5 Å². The number of carbonyl (C=O) groups excluding carboxylic acids is 2. The minimum atomic E-state index is -0.130. The van der Waals surface area contributed by atoms with Gasteiger partial charge in [-0.05, 0) is 38.5 Å². The van der Waals surface area contributed by atoms with Gasteiger partial charge >= 0.3 is 0 Å². The summed E-state index contributed by atoms with van der Waals surface area (Å²) < 4.78 is 5.17. The van der Waals surface area contributed by atoms with E-state index in [1.807, 2.05) is 13.8 Å². The molecule has 0 radical (unpaired) electrons. The van der Waals surface area contributed by atoms with Crippen molar-refractivity contribution in [3.63, 3.8) is 0 Å². The third-order valence-electron chi connectivity index (χ3n) is 6.26. The number of hydrogen-bond donors (Lipinski definition) is 2. The van der Waals surface area contributed by atoms with E-state index in [4.69, 9.17) is 4.52 Å². The number of guanidine groups is 1. The molecule has 1 aromatic heterocycles. The highest BCUT2D eigenvalue weighted by Gasteiger charge is 2.58. The monoisotopic (exact) mass is 513 g/mol. The van der Waals surface area contributed by atoms with Crippen molar-refractivity contribution >= 4 is 41.8 Å². The van der Waals surface area contributed by atoms with Gasteiger partial charge in [0.1, 0.15) is 5.76 Å². The fourth-order valence-electron chi connectivity index (χ4n) is 4.86. The Kier molecular flexibility index (Phi) is 6.65. The lowest BCUT2D eigenvalue weighted by molar-refractivity contribution is -0.140. The number of hydrogen-bond acceptors (Lipinski definition) is 5. The van der Waals surface area contributed by atoms with Gasteiger partial charge in [0.15, 0.2) is 5.96 Å². The number of aryl methyl sites for hydroxylation is 2. The van der Waals surface area contributed by atoms with Crippen LogP contribution in [0.15, 0.2) is 21.7 Å². The molecule has 4 atom stereocenters. The number of nitrogens with zero attached hydrogens (tertiary/aromatic N) is 3. The number of imide groups is 1. The predicted octanol–water partition coefficient (Wildman–Crippen LogP) is 1.42. The molecule has 1 saturated heterocycles. The Morgan fingerprint density at radius 3 is 2.34 bits per heavy atom. The zero-order chi connectivity index (χ0) is 19.8. The molecule has 9 heteroatoms. The van der Waals surface area contributed by atoms with Gasteiger partial charge in [0, 0.05) is 32.2 Å². The van der Waals surface area contributed by atoms with Gasteiger partial charge in [-0.25, -0.2) is 0 Å². The number of carbonyl (C=O) groups is 2. The van der Waals surface area contributed by atoms with Crippen molar-refractivity contribution in [3.8, 4) is 0 Å². The highest BCUT2D eigenvalue weighted by molar-refractivity contribution is 14.0. The molecule has 29 heavy (non-hydrogen) atoms. The molecule has 2 bridgehead atoms. The van der Waals surface area contributed by atoms with Crippen molar-refractivity contribution in [1.82, 2.24) is 20.7 Å². The lowest BCUT2D eigenvalue weighted by Gasteiger charge is -2.18. The van der Waals surface area contributed by atoms with Crippen LogP contribution in [0.3, 0.4) is 0 Å². The zero-order valence-corrected chi connectivity index (χ0v) is 19.3. The van der Waals surface area contributed by atoms with Gasteiger partial charge in [-0.1, -0.05) is 17.3 Å². The SMILES string of the molecule is CN=C(NCCc1c(C)noc1C)NCCN1C(=O)C2C3C=CC(C3)C2C1=O.I. The minimum absolute atomic E-state index is 0.